The molecule has 0 aliphatic rings. The fourth-order valence-electron chi connectivity index (χ4n) is 3.44. The fraction of sp³-hybridized carbons (Fsp3) is 0.259. The molecule has 7 nitrogen and oxygen atoms in total. The van der Waals surface area contributed by atoms with Crippen LogP contribution in [0.25, 0.3) is 0 Å². The number of benzene rings is 3. The third-order valence-electron chi connectivity index (χ3n) is 5.90. The summed E-state index contributed by atoms with van der Waals surface area (Å²) in [5.74, 6) is -0.908. The first kappa shape index (κ1) is 27.2. The number of amides is 2. The van der Waals surface area contributed by atoms with Crippen LogP contribution in [0.4, 0.5) is 11.4 Å². The van der Waals surface area contributed by atoms with Crippen LogP contribution in [0.3, 0.4) is 0 Å². The zero-order valence-corrected chi connectivity index (χ0v) is 22.3. The highest BCUT2D eigenvalue weighted by Crippen LogP contribution is 2.27. The van der Waals surface area contributed by atoms with E-state index >= 15 is 0 Å². The lowest BCUT2D eigenvalue weighted by molar-refractivity contribution is -0.114. The van der Waals surface area contributed by atoms with Crippen molar-refractivity contribution in [1.29, 1.82) is 0 Å². The van der Waals surface area contributed by atoms with Crippen LogP contribution in [-0.2, 0) is 14.8 Å². The van der Waals surface area contributed by atoms with Crippen molar-refractivity contribution < 1.29 is 18.0 Å². The van der Waals surface area contributed by atoms with E-state index in [1.54, 1.807) is 36.4 Å². The van der Waals surface area contributed by atoms with Crippen LogP contribution in [-0.4, -0.2) is 32.8 Å². The second-order valence-corrected chi connectivity index (χ2v) is 10.9. The maximum atomic E-state index is 13.6. The molecule has 0 fully saturated rings. The Balaban J connectivity index is 1.94. The van der Waals surface area contributed by atoms with Gasteiger partial charge in [-0.1, -0.05) is 36.7 Å². The number of anilines is 2. The number of halogens is 1. The number of aryl methyl sites for hydroxylation is 2. The van der Waals surface area contributed by atoms with Gasteiger partial charge >= 0.3 is 0 Å². The first-order chi connectivity index (χ1) is 17.0. The summed E-state index contributed by atoms with van der Waals surface area (Å²) in [4.78, 5) is 25.9. The summed E-state index contributed by atoms with van der Waals surface area (Å²) in [6.07, 6.45) is 0.758. The number of carbonyl (C=O) groups is 2. The number of carbonyl (C=O) groups excluding carboxylic acids is 2. The van der Waals surface area contributed by atoms with Crippen molar-refractivity contribution >= 4 is 44.8 Å². The molecule has 9 heteroatoms. The maximum absolute atomic E-state index is 13.6. The molecule has 1 atom stereocenters. The second kappa shape index (κ2) is 11.6. The summed E-state index contributed by atoms with van der Waals surface area (Å²) in [5, 5.41) is 5.99. The molecule has 2 N–H and O–H groups in total. The van der Waals surface area contributed by atoms with Gasteiger partial charge in [-0.25, -0.2) is 8.42 Å². The number of para-hydroxylation sites is 1. The van der Waals surface area contributed by atoms with E-state index in [1.807, 2.05) is 33.8 Å². The quantitative estimate of drug-likeness (QED) is 0.393. The van der Waals surface area contributed by atoms with Gasteiger partial charge in [-0.05, 0) is 86.8 Å². The first-order valence-electron chi connectivity index (χ1n) is 11.6. The molecule has 190 valence electrons. The predicted molar refractivity (Wildman–Crippen MR) is 144 cm³/mol. The second-order valence-electron chi connectivity index (χ2n) is 8.61. The number of rotatable bonds is 9. The van der Waals surface area contributed by atoms with Gasteiger partial charge in [0.2, 0.25) is 5.91 Å². The van der Waals surface area contributed by atoms with Gasteiger partial charge in [0.1, 0.15) is 6.54 Å². The van der Waals surface area contributed by atoms with Gasteiger partial charge in [0.25, 0.3) is 15.9 Å². The SMILES string of the molecule is CC[C@@H](C)NC(=O)c1ccccc1NC(=O)CN(c1ccc(C)c(C)c1)S(=O)(=O)c1ccc(Cl)cc1. The van der Waals surface area contributed by atoms with E-state index in [1.165, 1.54) is 24.3 Å². The van der Waals surface area contributed by atoms with E-state index in [-0.39, 0.29) is 16.8 Å². The van der Waals surface area contributed by atoms with Crippen molar-refractivity contribution in [1.82, 2.24) is 5.32 Å². The Labute approximate surface area is 217 Å². The van der Waals surface area contributed by atoms with E-state index in [9.17, 15) is 18.0 Å². The molecule has 0 aliphatic heterocycles. The zero-order valence-electron chi connectivity index (χ0n) is 20.7. The molecule has 0 saturated carbocycles. The molecule has 3 rings (SSSR count). The summed E-state index contributed by atoms with van der Waals surface area (Å²) >= 11 is 5.95. The topological polar surface area (TPSA) is 95.6 Å². The van der Waals surface area contributed by atoms with E-state index in [4.69, 9.17) is 11.6 Å². The van der Waals surface area contributed by atoms with E-state index < -0.39 is 22.5 Å². The number of nitrogens with zero attached hydrogens (tertiary/aromatic N) is 1. The van der Waals surface area contributed by atoms with Crippen LogP contribution in [0, 0.1) is 13.8 Å². The summed E-state index contributed by atoms with van der Waals surface area (Å²) < 4.78 is 28.2. The van der Waals surface area contributed by atoms with Gasteiger partial charge < -0.3 is 10.6 Å². The van der Waals surface area contributed by atoms with Gasteiger partial charge in [0.05, 0.1) is 21.8 Å². The van der Waals surface area contributed by atoms with Crippen LogP contribution in [0.5, 0.6) is 0 Å². The Morgan fingerprint density at radius 1 is 0.972 bits per heavy atom. The molecule has 0 saturated heterocycles. The largest absolute Gasteiger partial charge is 0.350 e. The standard InChI is InChI=1S/C27H30ClN3O4S/c1-5-20(4)29-27(33)24-8-6-7-9-25(24)30-26(32)17-31(22-13-10-18(2)19(3)16-22)36(34,35)23-14-11-21(28)12-15-23/h6-16,20H,5,17H2,1-4H3,(H,29,33)(H,30,32)/t20-/m1/s1. The lowest BCUT2D eigenvalue weighted by Gasteiger charge is -2.25. The van der Waals surface area contributed by atoms with Gasteiger partial charge in [0.15, 0.2) is 0 Å². The Morgan fingerprint density at radius 3 is 2.28 bits per heavy atom. The molecule has 0 bridgehead atoms. The van der Waals surface area contributed by atoms with Gasteiger partial charge in [0, 0.05) is 11.1 Å². The molecular formula is C27H30ClN3O4S. The van der Waals surface area contributed by atoms with Crippen LogP contribution >= 0.6 is 11.6 Å². The van der Waals surface area contributed by atoms with Gasteiger partial charge in [-0.2, -0.15) is 0 Å². The molecule has 0 aliphatic carbocycles. The minimum Gasteiger partial charge on any atom is -0.350 e. The third kappa shape index (κ3) is 6.44. The van der Waals surface area contributed by atoms with Crippen LogP contribution in [0.2, 0.25) is 5.02 Å². The third-order valence-corrected chi connectivity index (χ3v) is 7.94. The van der Waals surface area contributed by atoms with Crippen molar-refractivity contribution in [3.05, 3.63) is 88.4 Å². The summed E-state index contributed by atoms with van der Waals surface area (Å²) in [5.41, 5.74) is 2.83. The predicted octanol–water partition coefficient (Wildman–Crippen LogP) is 5.32. The van der Waals surface area contributed by atoms with Crippen molar-refractivity contribution in [2.75, 3.05) is 16.2 Å². The van der Waals surface area contributed by atoms with E-state index in [0.29, 0.717) is 22.0 Å². The molecule has 3 aromatic carbocycles. The molecular weight excluding hydrogens is 498 g/mol. The molecule has 0 radical (unpaired) electrons. The van der Waals surface area contributed by atoms with Crippen molar-refractivity contribution in [3.63, 3.8) is 0 Å². The molecule has 36 heavy (non-hydrogen) atoms. The first-order valence-corrected chi connectivity index (χ1v) is 13.4. The fourth-order valence-corrected chi connectivity index (χ4v) is 4.98. The Morgan fingerprint density at radius 2 is 1.64 bits per heavy atom. The Kier molecular flexibility index (Phi) is 8.76. The number of nitrogens with one attached hydrogen (secondary N) is 2. The van der Waals surface area contributed by atoms with E-state index in [0.717, 1.165) is 21.9 Å². The zero-order chi connectivity index (χ0) is 26.5. The Hall–Kier alpha value is -3.36. The van der Waals surface area contributed by atoms with Crippen molar-refractivity contribution in [2.24, 2.45) is 0 Å². The highest BCUT2D eigenvalue weighted by atomic mass is 35.5. The number of hydrogen-bond acceptors (Lipinski definition) is 4. The van der Waals surface area contributed by atoms with Gasteiger partial charge in [-0.3, -0.25) is 13.9 Å². The highest BCUT2D eigenvalue weighted by Gasteiger charge is 2.28. The monoisotopic (exact) mass is 527 g/mol. The van der Waals surface area contributed by atoms with Crippen molar-refractivity contribution in [2.45, 2.75) is 45.1 Å². The van der Waals surface area contributed by atoms with Crippen LogP contribution in [0.1, 0.15) is 41.8 Å². The van der Waals surface area contributed by atoms with Crippen LogP contribution in [0.15, 0.2) is 71.6 Å². The normalized spacial score (nSPS) is 12.0. The molecule has 0 heterocycles. The molecule has 0 aromatic heterocycles. The lowest BCUT2D eigenvalue weighted by Crippen LogP contribution is -2.38. The molecule has 0 unspecified atom stereocenters. The number of hydrogen-bond donors (Lipinski definition) is 2. The molecule has 2 amide bonds. The molecule has 0 spiro atoms. The summed E-state index contributed by atoms with van der Waals surface area (Å²) in [6.45, 7) is 7.15. The highest BCUT2D eigenvalue weighted by molar-refractivity contribution is 7.92. The minimum absolute atomic E-state index is 0.00580. The van der Waals surface area contributed by atoms with Crippen LogP contribution < -0.4 is 14.9 Å². The average Bonchev–Trinajstić information content (AvgIpc) is 2.84. The Bertz CT molecular complexity index is 1360. The maximum Gasteiger partial charge on any atom is 0.264 e. The van der Waals surface area contributed by atoms with Gasteiger partial charge in [-0.15, -0.1) is 0 Å². The average molecular weight is 528 g/mol. The van der Waals surface area contributed by atoms with Crippen molar-refractivity contribution in [3.8, 4) is 0 Å². The lowest BCUT2D eigenvalue weighted by atomic mass is 10.1. The minimum atomic E-state index is -4.10. The van der Waals surface area contributed by atoms with E-state index in [2.05, 4.69) is 10.6 Å². The summed E-state index contributed by atoms with van der Waals surface area (Å²) in [6, 6.07) is 17.5. The smallest absolute Gasteiger partial charge is 0.264 e. The summed E-state index contributed by atoms with van der Waals surface area (Å²) in [7, 11) is -4.10. The number of sulfonamides is 1. The molecule has 3 aromatic rings.